The highest BCUT2D eigenvalue weighted by molar-refractivity contribution is 6.31. The maximum absolute atomic E-state index is 14.3. The highest BCUT2D eigenvalue weighted by Crippen LogP contribution is 2.36. The Morgan fingerprint density at radius 2 is 1.86 bits per heavy atom. The number of ether oxygens (including phenoxy) is 1. The van der Waals surface area contributed by atoms with Crippen molar-refractivity contribution in [2.24, 2.45) is 0 Å². The number of halogens is 3. The summed E-state index contributed by atoms with van der Waals surface area (Å²) in [4.78, 5) is 14.3. The van der Waals surface area contributed by atoms with Crippen LogP contribution in [-0.4, -0.2) is 34.6 Å². The van der Waals surface area contributed by atoms with Gasteiger partial charge in [0, 0.05) is 13.1 Å². The number of nitrogens with zero attached hydrogens (tertiary/aromatic N) is 4. The van der Waals surface area contributed by atoms with Crippen LogP contribution in [0.3, 0.4) is 0 Å². The number of fused-ring (bicyclic) bond motifs is 1. The van der Waals surface area contributed by atoms with Crippen LogP contribution in [0.5, 0.6) is 5.88 Å². The van der Waals surface area contributed by atoms with Crippen molar-refractivity contribution < 1.29 is 9.13 Å². The van der Waals surface area contributed by atoms with E-state index in [0.29, 0.717) is 17.8 Å². The third-order valence-corrected chi connectivity index (χ3v) is 4.02. The summed E-state index contributed by atoms with van der Waals surface area (Å²) in [6, 6.07) is 0. The Morgan fingerprint density at radius 1 is 1.14 bits per heavy atom. The zero-order chi connectivity index (χ0) is 15.7. The summed E-state index contributed by atoms with van der Waals surface area (Å²) in [5, 5.41) is 0.127. The molecule has 0 spiro atoms. The van der Waals surface area contributed by atoms with Crippen LogP contribution in [0.2, 0.25) is 10.4 Å². The van der Waals surface area contributed by atoms with Crippen molar-refractivity contribution in [1.29, 1.82) is 0 Å². The molecule has 8 heteroatoms. The largest absolute Gasteiger partial charge is 0.477 e. The van der Waals surface area contributed by atoms with Gasteiger partial charge in [-0.05, 0) is 37.8 Å². The molecular weight excluding hydrogens is 330 g/mol. The van der Waals surface area contributed by atoms with E-state index in [-0.39, 0.29) is 21.8 Å². The summed E-state index contributed by atoms with van der Waals surface area (Å²) < 4.78 is 19.8. The molecule has 2 aromatic rings. The van der Waals surface area contributed by atoms with Gasteiger partial charge in [0.1, 0.15) is 16.7 Å². The Labute approximate surface area is 137 Å². The van der Waals surface area contributed by atoms with Gasteiger partial charge in [0.05, 0.1) is 6.61 Å². The third-order valence-electron chi connectivity index (χ3n) is 3.60. The van der Waals surface area contributed by atoms with Crippen molar-refractivity contribution >= 4 is 39.9 Å². The number of aromatic nitrogens is 3. The first-order chi connectivity index (χ1) is 10.6. The zero-order valence-corrected chi connectivity index (χ0v) is 13.6. The van der Waals surface area contributed by atoms with E-state index in [1.807, 2.05) is 6.92 Å². The molecule has 3 heterocycles. The molecule has 2 aromatic heterocycles. The highest BCUT2D eigenvalue weighted by atomic mass is 35.5. The molecule has 0 amide bonds. The number of anilines is 1. The van der Waals surface area contributed by atoms with Gasteiger partial charge in [-0.25, -0.2) is 9.37 Å². The van der Waals surface area contributed by atoms with E-state index in [9.17, 15) is 4.39 Å². The lowest BCUT2D eigenvalue weighted by Crippen LogP contribution is -2.30. The van der Waals surface area contributed by atoms with Gasteiger partial charge in [-0.3, -0.25) is 0 Å². The summed E-state index contributed by atoms with van der Waals surface area (Å²) in [6.45, 7) is 3.87. The van der Waals surface area contributed by atoms with Gasteiger partial charge < -0.3 is 9.64 Å². The normalized spacial score (nSPS) is 15.4. The van der Waals surface area contributed by atoms with E-state index in [0.717, 1.165) is 25.9 Å². The summed E-state index contributed by atoms with van der Waals surface area (Å²) in [6.07, 6.45) is 3.27. The molecular formula is C14H15Cl2FN4O. The van der Waals surface area contributed by atoms with Crippen LogP contribution in [0.1, 0.15) is 26.2 Å². The first kappa shape index (κ1) is 15.5. The summed E-state index contributed by atoms with van der Waals surface area (Å²) in [7, 11) is 0. The van der Waals surface area contributed by atoms with E-state index in [2.05, 4.69) is 19.9 Å². The van der Waals surface area contributed by atoms with Crippen molar-refractivity contribution in [2.75, 3.05) is 24.6 Å². The fourth-order valence-corrected chi connectivity index (χ4v) is 2.98. The van der Waals surface area contributed by atoms with Gasteiger partial charge in [-0.15, -0.1) is 0 Å². The SMILES string of the molecule is CCOc1nc(Cl)c(F)c2nc(Cl)nc(N3CCCCC3)c12. The Hall–Kier alpha value is -1.40. The predicted octanol–water partition coefficient (Wildman–Crippen LogP) is 3.86. The van der Waals surface area contributed by atoms with Crippen LogP contribution >= 0.6 is 23.2 Å². The summed E-state index contributed by atoms with van der Waals surface area (Å²) >= 11 is 11.8. The third kappa shape index (κ3) is 2.77. The Balaban J connectivity index is 2.27. The smallest absolute Gasteiger partial charge is 0.228 e. The lowest BCUT2D eigenvalue weighted by molar-refractivity contribution is 0.330. The summed E-state index contributed by atoms with van der Waals surface area (Å²) in [5.41, 5.74) is 0.0454. The fourth-order valence-electron chi connectivity index (χ4n) is 2.65. The van der Waals surface area contributed by atoms with Gasteiger partial charge in [0.2, 0.25) is 11.2 Å². The molecule has 1 saturated heterocycles. The number of pyridine rings is 1. The second kappa shape index (κ2) is 6.38. The van der Waals surface area contributed by atoms with Crippen LogP contribution in [0.15, 0.2) is 0 Å². The highest BCUT2D eigenvalue weighted by Gasteiger charge is 2.24. The molecule has 0 unspecified atom stereocenters. The number of rotatable bonds is 3. The van der Waals surface area contributed by atoms with Crippen LogP contribution < -0.4 is 9.64 Å². The van der Waals surface area contributed by atoms with Gasteiger partial charge in [-0.2, -0.15) is 9.97 Å². The topological polar surface area (TPSA) is 51.1 Å². The monoisotopic (exact) mass is 344 g/mol. The van der Waals surface area contributed by atoms with Crippen molar-refractivity contribution in [3.05, 3.63) is 16.3 Å². The average molecular weight is 345 g/mol. The van der Waals surface area contributed by atoms with Crippen molar-refractivity contribution in [2.45, 2.75) is 26.2 Å². The average Bonchev–Trinajstić information content (AvgIpc) is 2.52. The van der Waals surface area contributed by atoms with Gasteiger partial charge in [-0.1, -0.05) is 11.6 Å². The number of hydrogen-bond acceptors (Lipinski definition) is 5. The molecule has 0 N–H and O–H groups in total. The molecule has 5 nitrogen and oxygen atoms in total. The molecule has 3 rings (SSSR count). The van der Waals surface area contributed by atoms with E-state index in [1.165, 1.54) is 6.42 Å². The second-order valence-corrected chi connectivity index (χ2v) is 5.74. The first-order valence-corrected chi connectivity index (χ1v) is 7.97. The van der Waals surface area contributed by atoms with Crippen LogP contribution in [-0.2, 0) is 0 Å². The molecule has 0 atom stereocenters. The van der Waals surface area contributed by atoms with Gasteiger partial charge in [0.25, 0.3) is 0 Å². The standard InChI is InChI=1S/C14H15Cl2FN4O/c1-2-22-13-8-10(9(17)11(15)19-13)18-14(16)20-12(8)21-6-4-3-5-7-21/h2-7H2,1H3. The molecule has 0 bridgehead atoms. The van der Waals surface area contributed by atoms with Crippen molar-refractivity contribution in [3.63, 3.8) is 0 Å². The minimum atomic E-state index is -0.706. The number of piperidine rings is 1. The molecule has 0 radical (unpaired) electrons. The predicted molar refractivity (Wildman–Crippen MR) is 84.5 cm³/mol. The fraction of sp³-hybridized carbons (Fsp3) is 0.500. The zero-order valence-electron chi connectivity index (χ0n) is 12.1. The van der Waals surface area contributed by atoms with E-state index in [4.69, 9.17) is 27.9 Å². The molecule has 0 aliphatic carbocycles. The quantitative estimate of drug-likeness (QED) is 0.625. The van der Waals surface area contributed by atoms with Crippen LogP contribution in [0.4, 0.5) is 10.2 Å². The Bertz CT molecular complexity index is 707. The number of hydrogen-bond donors (Lipinski definition) is 0. The molecule has 1 aliphatic heterocycles. The Morgan fingerprint density at radius 3 is 2.55 bits per heavy atom. The van der Waals surface area contributed by atoms with Crippen LogP contribution in [0.25, 0.3) is 10.9 Å². The lowest BCUT2D eigenvalue weighted by atomic mass is 10.1. The molecule has 0 aromatic carbocycles. The maximum atomic E-state index is 14.3. The van der Waals surface area contributed by atoms with Gasteiger partial charge >= 0.3 is 0 Å². The second-order valence-electron chi connectivity index (χ2n) is 5.04. The van der Waals surface area contributed by atoms with Crippen LogP contribution in [0, 0.1) is 5.82 Å². The van der Waals surface area contributed by atoms with E-state index < -0.39 is 5.82 Å². The van der Waals surface area contributed by atoms with Gasteiger partial charge in [0.15, 0.2) is 11.0 Å². The van der Waals surface area contributed by atoms with Crippen molar-refractivity contribution in [3.8, 4) is 5.88 Å². The Kier molecular flexibility index (Phi) is 4.49. The van der Waals surface area contributed by atoms with E-state index >= 15 is 0 Å². The lowest BCUT2D eigenvalue weighted by Gasteiger charge is -2.28. The molecule has 118 valence electrons. The summed E-state index contributed by atoms with van der Waals surface area (Å²) in [5.74, 6) is 0.0880. The minimum Gasteiger partial charge on any atom is -0.477 e. The molecule has 22 heavy (non-hydrogen) atoms. The maximum Gasteiger partial charge on any atom is 0.228 e. The van der Waals surface area contributed by atoms with Crippen molar-refractivity contribution in [1.82, 2.24) is 15.0 Å². The first-order valence-electron chi connectivity index (χ1n) is 7.21. The van der Waals surface area contributed by atoms with E-state index in [1.54, 1.807) is 0 Å². The minimum absolute atomic E-state index is 0.0170. The molecule has 1 aliphatic rings. The molecule has 0 saturated carbocycles. The molecule has 1 fully saturated rings.